The van der Waals surface area contributed by atoms with Crippen molar-refractivity contribution in [3.63, 3.8) is 0 Å². The number of rotatable bonds is 3. The van der Waals surface area contributed by atoms with E-state index in [0.29, 0.717) is 22.4 Å². The molecule has 0 saturated heterocycles. The predicted molar refractivity (Wildman–Crippen MR) is 111 cm³/mol. The molecule has 29 heavy (non-hydrogen) atoms. The highest BCUT2D eigenvalue weighted by Crippen LogP contribution is 2.64. The molecule has 1 aromatic carbocycles. The minimum absolute atomic E-state index is 0.00479. The van der Waals surface area contributed by atoms with Gasteiger partial charge in [-0.1, -0.05) is 17.3 Å². The average Bonchev–Trinajstić information content (AvgIpc) is 3.33. The first-order valence-corrected chi connectivity index (χ1v) is 11.0. The lowest BCUT2D eigenvalue weighted by Gasteiger charge is -2.60. The Morgan fingerprint density at radius 3 is 2.72 bits per heavy atom. The van der Waals surface area contributed by atoms with Crippen molar-refractivity contribution in [1.82, 2.24) is 24.9 Å². The summed E-state index contributed by atoms with van der Waals surface area (Å²) in [5, 5.41) is 9.00. The van der Waals surface area contributed by atoms with Gasteiger partial charge in [0.1, 0.15) is 6.33 Å². The molecular weight excluding hydrogens is 432 g/mol. The third-order valence-electron chi connectivity index (χ3n) is 7.48. The van der Waals surface area contributed by atoms with Gasteiger partial charge >= 0.3 is 0 Å². The van der Waals surface area contributed by atoms with Gasteiger partial charge in [0.15, 0.2) is 0 Å². The number of nitrogens with zero attached hydrogens (tertiary/aromatic N) is 5. The first-order chi connectivity index (χ1) is 14.0. The van der Waals surface area contributed by atoms with E-state index in [4.69, 9.17) is 15.2 Å². The van der Waals surface area contributed by atoms with Gasteiger partial charge in [-0.15, -0.1) is 5.10 Å². The van der Waals surface area contributed by atoms with E-state index in [1.165, 1.54) is 6.42 Å². The van der Waals surface area contributed by atoms with E-state index in [-0.39, 0.29) is 11.0 Å². The average molecular weight is 455 g/mol. The molecule has 0 spiro atoms. The molecule has 7 nitrogen and oxygen atoms in total. The normalized spacial score (nSPS) is 32.8. The lowest BCUT2D eigenvalue weighted by Crippen LogP contribution is -2.58. The largest absolute Gasteiger partial charge is 0.398 e. The number of aromatic nitrogens is 5. The molecule has 4 aliphatic carbocycles. The van der Waals surface area contributed by atoms with E-state index in [1.807, 2.05) is 31.5 Å². The van der Waals surface area contributed by atoms with Crippen molar-refractivity contribution in [2.45, 2.75) is 56.4 Å². The lowest BCUT2D eigenvalue weighted by atomic mass is 9.47. The first kappa shape index (κ1) is 17.6. The lowest BCUT2D eigenvalue weighted by molar-refractivity contribution is -0.0787. The fraction of sp³-hybridized carbons (Fsp3) is 0.524. The second-order valence-corrected chi connectivity index (χ2v) is 10.1. The van der Waals surface area contributed by atoms with Crippen molar-refractivity contribution in [3.8, 4) is 11.4 Å². The van der Waals surface area contributed by atoms with Crippen LogP contribution in [0.25, 0.3) is 11.4 Å². The van der Waals surface area contributed by atoms with Crippen molar-refractivity contribution in [2.24, 2.45) is 11.8 Å². The maximum Gasteiger partial charge on any atom is 0.233 e. The first-order valence-electron chi connectivity index (χ1n) is 10.2. The van der Waals surface area contributed by atoms with E-state index in [0.717, 1.165) is 54.8 Å². The van der Waals surface area contributed by atoms with Crippen molar-refractivity contribution >= 4 is 21.6 Å². The number of halogens is 1. The number of hydrogen-bond donors (Lipinski definition) is 1. The molecule has 4 fully saturated rings. The quantitative estimate of drug-likeness (QED) is 0.594. The molecule has 4 aliphatic rings. The molecule has 0 radical (unpaired) electrons. The Labute approximate surface area is 177 Å². The topological polar surface area (TPSA) is 95.7 Å². The zero-order valence-electron chi connectivity index (χ0n) is 16.3. The number of nitrogen functional groups attached to an aromatic ring is 1. The van der Waals surface area contributed by atoms with E-state index >= 15 is 0 Å². The summed E-state index contributed by atoms with van der Waals surface area (Å²) in [4.78, 5) is 9.25. The molecule has 0 amide bonds. The number of hydrogen-bond acceptors (Lipinski definition) is 6. The Balaban J connectivity index is 1.41. The summed E-state index contributed by atoms with van der Waals surface area (Å²) >= 11 is 3.42. The van der Waals surface area contributed by atoms with Crippen LogP contribution in [0.3, 0.4) is 0 Å². The SMILES string of the molecule is Cc1c(N)cccc1-c1noc(C23CC4CC(C2)CC(n2cnc(Br)n2)(C4)C3)n1. The van der Waals surface area contributed by atoms with Crippen LogP contribution in [0, 0.1) is 18.8 Å². The molecule has 150 valence electrons. The van der Waals surface area contributed by atoms with Crippen LogP contribution in [-0.2, 0) is 11.0 Å². The van der Waals surface area contributed by atoms with Gasteiger partial charge < -0.3 is 10.3 Å². The summed E-state index contributed by atoms with van der Waals surface area (Å²) in [7, 11) is 0. The molecule has 2 aromatic heterocycles. The molecule has 2 atom stereocenters. The predicted octanol–water partition coefficient (Wildman–Crippen LogP) is 4.23. The maximum absolute atomic E-state index is 6.09. The standard InChI is InChI=1S/C21H23BrN6O/c1-12-15(3-2-4-16(12)23)17-25-18(29-27-17)20-6-13-5-14(7-20)9-21(8-13,10-20)28-11-24-19(22)26-28/h2-4,11,13-14H,5-10,23H2,1H3. The fourth-order valence-corrected chi connectivity index (χ4v) is 6.91. The molecule has 3 aromatic rings. The van der Waals surface area contributed by atoms with Crippen molar-refractivity contribution in [3.05, 3.63) is 40.7 Å². The molecule has 4 bridgehead atoms. The number of nitrogens with two attached hydrogens (primary N) is 1. The summed E-state index contributed by atoms with van der Waals surface area (Å²) in [6.45, 7) is 2.00. The zero-order valence-corrected chi connectivity index (χ0v) is 17.9. The second kappa shape index (κ2) is 5.90. The summed E-state index contributed by atoms with van der Waals surface area (Å²) in [6.07, 6.45) is 8.74. The highest BCUT2D eigenvalue weighted by atomic mass is 79.9. The highest BCUT2D eigenvalue weighted by molar-refractivity contribution is 9.10. The van der Waals surface area contributed by atoms with Crippen molar-refractivity contribution in [2.75, 3.05) is 5.73 Å². The molecule has 4 saturated carbocycles. The maximum atomic E-state index is 6.09. The Hall–Kier alpha value is -2.22. The minimum atomic E-state index is -0.0675. The summed E-state index contributed by atoms with van der Waals surface area (Å²) in [6, 6.07) is 5.85. The van der Waals surface area contributed by atoms with Crippen LogP contribution in [-0.4, -0.2) is 24.9 Å². The number of anilines is 1. The van der Waals surface area contributed by atoms with Crippen LogP contribution < -0.4 is 5.73 Å². The highest BCUT2D eigenvalue weighted by Gasteiger charge is 2.61. The van der Waals surface area contributed by atoms with Gasteiger partial charge in [0.05, 0.1) is 11.0 Å². The minimum Gasteiger partial charge on any atom is -0.398 e. The molecule has 7 rings (SSSR count). The Kier molecular flexibility index (Phi) is 3.59. The van der Waals surface area contributed by atoms with Gasteiger partial charge in [-0.05, 0) is 84.8 Å². The van der Waals surface area contributed by atoms with E-state index in [1.54, 1.807) is 0 Å². The van der Waals surface area contributed by atoms with Crippen LogP contribution in [0.2, 0.25) is 0 Å². The Morgan fingerprint density at radius 1 is 1.21 bits per heavy atom. The van der Waals surface area contributed by atoms with Gasteiger partial charge in [-0.2, -0.15) is 4.98 Å². The van der Waals surface area contributed by atoms with Crippen LogP contribution >= 0.6 is 15.9 Å². The molecule has 0 aliphatic heterocycles. The molecular formula is C21H23BrN6O. The van der Waals surface area contributed by atoms with Gasteiger partial charge in [0, 0.05) is 11.3 Å². The van der Waals surface area contributed by atoms with Crippen LogP contribution in [0.5, 0.6) is 0 Å². The second-order valence-electron chi connectivity index (χ2n) is 9.37. The third kappa shape index (κ3) is 2.54. The summed E-state index contributed by atoms with van der Waals surface area (Å²) < 4.78 is 8.68. The van der Waals surface area contributed by atoms with Crippen molar-refractivity contribution < 1.29 is 4.52 Å². The van der Waals surface area contributed by atoms with E-state index in [9.17, 15) is 0 Å². The van der Waals surface area contributed by atoms with Crippen LogP contribution in [0.4, 0.5) is 5.69 Å². The Bertz CT molecular complexity index is 1090. The number of benzene rings is 1. The molecule has 2 N–H and O–H groups in total. The summed E-state index contributed by atoms with van der Waals surface area (Å²) in [5.41, 5.74) is 8.71. The summed E-state index contributed by atoms with van der Waals surface area (Å²) in [5.74, 6) is 2.76. The monoisotopic (exact) mass is 454 g/mol. The van der Waals surface area contributed by atoms with E-state index < -0.39 is 0 Å². The zero-order chi connectivity index (χ0) is 19.8. The fourth-order valence-electron chi connectivity index (χ4n) is 6.65. The smallest absolute Gasteiger partial charge is 0.233 e. The van der Waals surface area contributed by atoms with Gasteiger partial charge in [-0.3, -0.25) is 0 Å². The van der Waals surface area contributed by atoms with E-state index in [2.05, 4.69) is 35.9 Å². The molecule has 2 unspecified atom stereocenters. The molecule has 8 heteroatoms. The van der Waals surface area contributed by atoms with Crippen LogP contribution in [0.1, 0.15) is 50.0 Å². The molecule has 2 heterocycles. The van der Waals surface area contributed by atoms with Gasteiger partial charge in [-0.25, -0.2) is 9.67 Å². The van der Waals surface area contributed by atoms with Gasteiger partial charge in [0.2, 0.25) is 16.4 Å². The Morgan fingerprint density at radius 2 is 2.00 bits per heavy atom. The van der Waals surface area contributed by atoms with Crippen molar-refractivity contribution in [1.29, 1.82) is 0 Å². The van der Waals surface area contributed by atoms with Crippen LogP contribution in [0.15, 0.2) is 33.8 Å². The third-order valence-corrected chi connectivity index (χ3v) is 7.84. The van der Waals surface area contributed by atoms with Gasteiger partial charge in [0.25, 0.3) is 0 Å².